The fourth-order valence-corrected chi connectivity index (χ4v) is 4.07. The lowest BCUT2D eigenvalue weighted by Gasteiger charge is -2.19. The maximum Gasteiger partial charge on any atom is 0.262 e. The molecule has 0 bridgehead atoms. The molecule has 5 rings (SSSR count). The van der Waals surface area contributed by atoms with E-state index in [1.54, 1.807) is 5.01 Å². The van der Waals surface area contributed by atoms with Gasteiger partial charge in [0, 0.05) is 17.8 Å². The van der Waals surface area contributed by atoms with Crippen LogP contribution in [0.2, 0.25) is 0 Å². The molecule has 1 atom stereocenters. The highest BCUT2D eigenvalue weighted by Crippen LogP contribution is 2.36. The van der Waals surface area contributed by atoms with Crippen LogP contribution >= 0.6 is 0 Å². The van der Waals surface area contributed by atoms with Gasteiger partial charge in [-0.25, -0.2) is 14.7 Å². The van der Waals surface area contributed by atoms with E-state index in [9.17, 15) is 4.79 Å². The minimum Gasteiger partial charge on any atom is -0.293 e. The summed E-state index contributed by atoms with van der Waals surface area (Å²) in [5.74, 6) is 0.415. The van der Waals surface area contributed by atoms with Gasteiger partial charge >= 0.3 is 0 Å². The third kappa shape index (κ3) is 2.83. The lowest BCUT2D eigenvalue weighted by atomic mass is 9.98. The maximum atomic E-state index is 13.5. The Labute approximate surface area is 164 Å². The summed E-state index contributed by atoms with van der Waals surface area (Å²) in [6.45, 7) is 0.802. The minimum absolute atomic E-state index is 0.0361. The third-order valence-corrected chi connectivity index (χ3v) is 5.45. The number of fused-ring (bicyclic) bond motifs is 1. The number of aromatic nitrogens is 2. The van der Waals surface area contributed by atoms with E-state index in [4.69, 9.17) is 9.98 Å². The summed E-state index contributed by atoms with van der Waals surface area (Å²) in [7, 11) is 0. The predicted molar refractivity (Wildman–Crippen MR) is 111 cm³/mol. The van der Waals surface area contributed by atoms with Gasteiger partial charge in [-0.3, -0.25) is 9.79 Å². The number of para-hydroxylation sites is 1. The van der Waals surface area contributed by atoms with Crippen molar-refractivity contribution in [2.24, 2.45) is 4.99 Å². The number of anilines is 1. The molecule has 1 amide bonds. The smallest absolute Gasteiger partial charge is 0.262 e. The Morgan fingerprint density at radius 2 is 1.64 bits per heavy atom. The van der Waals surface area contributed by atoms with E-state index in [1.165, 1.54) is 6.42 Å². The summed E-state index contributed by atoms with van der Waals surface area (Å²) in [5, 5.41) is 1.74. The van der Waals surface area contributed by atoms with Gasteiger partial charge in [0.2, 0.25) is 0 Å². The highest BCUT2D eigenvalue weighted by molar-refractivity contribution is 6.16. The fourth-order valence-electron chi connectivity index (χ4n) is 4.07. The molecule has 5 nitrogen and oxygen atoms in total. The average Bonchev–Trinajstić information content (AvgIpc) is 3.13. The van der Waals surface area contributed by atoms with Gasteiger partial charge in [0.1, 0.15) is 11.7 Å². The number of carbonyl (C=O) groups excluding carboxylic acids is 1. The van der Waals surface area contributed by atoms with E-state index in [1.807, 2.05) is 71.5 Å². The number of benzene rings is 2. The second-order valence-corrected chi connectivity index (χ2v) is 7.30. The number of imidazole rings is 1. The van der Waals surface area contributed by atoms with Crippen LogP contribution in [0.5, 0.6) is 0 Å². The van der Waals surface area contributed by atoms with Crippen LogP contribution in [0.25, 0.3) is 11.3 Å². The van der Waals surface area contributed by atoms with Gasteiger partial charge < -0.3 is 0 Å². The molecule has 1 unspecified atom stereocenters. The first-order valence-electron chi connectivity index (χ1n) is 9.90. The first kappa shape index (κ1) is 16.9. The molecule has 2 aliphatic heterocycles. The first-order chi connectivity index (χ1) is 13.8. The van der Waals surface area contributed by atoms with Gasteiger partial charge in [-0.15, -0.1) is 0 Å². The molecule has 3 aromatic rings. The summed E-state index contributed by atoms with van der Waals surface area (Å²) in [5.41, 5.74) is 3.75. The van der Waals surface area contributed by atoms with Crippen LogP contribution in [-0.2, 0) is 4.79 Å². The topological polar surface area (TPSA) is 50.5 Å². The molecule has 0 N–H and O–H groups in total. The Morgan fingerprint density at radius 3 is 2.43 bits per heavy atom. The van der Waals surface area contributed by atoms with E-state index in [0.717, 1.165) is 54.3 Å². The van der Waals surface area contributed by atoms with Crippen molar-refractivity contribution in [1.29, 1.82) is 0 Å². The quantitative estimate of drug-likeness (QED) is 0.683. The number of rotatable bonds is 3. The molecule has 0 spiro atoms. The normalized spacial score (nSPS) is 19.3. The zero-order chi connectivity index (χ0) is 18.9. The first-order valence-corrected chi connectivity index (χ1v) is 9.90. The number of amides is 1. The SMILES string of the molecule is O=C1C(C2=NCCCCC2)c2nc(-c3ccccc3)cn2N1c1ccccc1. The molecule has 0 fully saturated rings. The Bertz CT molecular complexity index is 1020. The van der Waals surface area contributed by atoms with Crippen LogP contribution in [0.15, 0.2) is 71.9 Å². The molecule has 2 aromatic carbocycles. The van der Waals surface area contributed by atoms with Crippen molar-refractivity contribution in [3.05, 3.63) is 72.7 Å². The molecule has 0 saturated carbocycles. The van der Waals surface area contributed by atoms with Crippen LogP contribution in [0, 0.1) is 0 Å². The molecular formula is C23H22N4O. The number of hydrogen-bond acceptors (Lipinski definition) is 3. The fraction of sp³-hybridized carbons (Fsp3) is 0.261. The number of carbonyl (C=O) groups is 1. The third-order valence-electron chi connectivity index (χ3n) is 5.45. The second-order valence-electron chi connectivity index (χ2n) is 7.30. The van der Waals surface area contributed by atoms with Gasteiger partial charge in [-0.2, -0.15) is 0 Å². The van der Waals surface area contributed by atoms with Crippen molar-refractivity contribution in [3.63, 3.8) is 0 Å². The summed E-state index contributed by atoms with van der Waals surface area (Å²) in [4.78, 5) is 23.1. The molecule has 1 aromatic heterocycles. The van der Waals surface area contributed by atoms with Crippen LogP contribution in [0.3, 0.4) is 0 Å². The minimum atomic E-state index is -0.393. The van der Waals surface area contributed by atoms with E-state index in [0.29, 0.717) is 0 Å². The van der Waals surface area contributed by atoms with Gasteiger partial charge in [-0.05, 0) is 31.4 Å². The molecule has 2 aliphatic rings. The molecule has 0 aliphatic carbocycles. The van der Waals surface area contributed by atoms with Crippen molar-refractivity contribution in [3.8, 4) is 11.3 Å². The lowest BCUT2D eigenvalue weighted by Crippen LogP contribution is -2.32. The van der Waals surface area contributed by atoms with E-state index < -0.39 is 5.92 Å². The van der Waals surface area contributed by atoms with Gasteiger partial charge in [0.15, 0.2) is 0 Å². The number of nitrogens with zero attached hydrogens (tertiary/aromatic N) is 4. The Morgan fingerprint density at radius 1 is 0.893 bits per heavy atom. The molecule has 0 radical (unpaired) electrons. The van der Waals surface area contributed by atoms with E-state index >= 15 is 0 Å². The predicted octanol–water partition coefficient (Wildman–Crippen LogP) is 4.46. The van der Waals surface area contributed by atoms with Crippen molar-refractivity contribution in [2.75, 3.05) is 11.6 Å². The van der Waals surface area contributed by atoms with Crippen LogP contribution in [0.4, 0.5) is 5.69 Å². The summed E-state index contributed by atoms with van der Waals surface area (Å²) in [6, 6.07) is 19.9. The highest BCUT2D eigenvalue weighted by Gasteiger charge is 2.43. The van der Waals surface area contributed by atoms with E-state index in [-0.39, 0.29) is 5.91 Å². The number of aliphatic imine (C=N–C) groups is 1. The zero-order valence-corrected chi connectivity index (χ0v) is 15.7. The molecule has 140 valence electrons. The van der Waals surface area contributed by atoms with E-state index in [2.05, 4.69) is 0 Å². The summed E-state index contributed by atoms with van der Waals surface area (Å²) < 4.78 is 1.91. The van der Waals surface area contributed by atoms with Crippen molar-refractivity contribution >= 4 is 17.3 Å². The molecule has 0 saturated heterocycles. The summed E-state index contributed by atoms with van der Waals surface area (Å²) in [6.07, 6.45) is 6.18. The molecule has 3 heterocycles. The standard InChI is InChI=1S/C23H22N4O/c28-23-21(19-14-8-3-9-15-24-19)22-25-20(17-10-4-1-5-11-17)16-26(22)27(23)18-12-6-2-7-13-18/h1-2,4-7,10-13,16,21H,3,8-9,14-15H2. The Kier molecular flexibility index (Phi) is 4.28. The van der Waals surface area contributed by atoms with Crippen molar-refractivity contribution in [1.82, 2.24) is 9.66 Å². The molecule has 5 heteroatoms. The van der Waals surface area contributed by atoms with Gasteiger partial charge in [0.05, 0.1) is 17.6 Å². The van der Waals surface area contributed by atoms with Crippen molar-refractivity contribution < 1.29 is 4.79 Å². The number of hydrogen-bond donors (Lipinski definition) is 0. The zero-order valence-electron chi connectivity index (χ0n) is 15.7. The van der Waals surface area contributed by atoms with Crippen LogP contribution in [-0.4, -0.2) is 27.8 Å². The van der Waals surface area contributed by atoms with Gasteiger partial charge in [-0.1, -0.05) is 55.0 Å². The maximum absolute atomic E-state index is 13.5. The van der Waals surface area contributed by atoms with Crippen LogP contribution in [0.1, 0.15) is 37.4 Å². The average molecular weight is 370 g/mol. The van der Waals surface area contributed by atoms with Crippen LogP contribution < -0.4 is 5.01 Å². The highest BCUT2D eigenvalue weighted by atomic mass is 16.2. The molecule has 28 heavy (non-hydrogen) atoms. The second kappa shape index (κ2) is 7.08. The Hall–Kier alpha value is -3.21. The lowest BCUT2D eigenvalue weighted by molar-refractivity contribution is -0.118. The monoisotopic (exact) mass is 370 g/mol. The van der Waals surface area contributed by atoms with Crippen molar-refractivity contribution in [2.45, 2.75) is 31.6 Å². The largest absolute Gasteiger partial charge is 0.293 e. The molecular weight excluding hydrogens is 348 g/mol. The summed E-state index contributed by atoms with van der Waals surface area (Å²) >= 11 is 0. The Balaban J connectivity index is 1.64. The van der Waals surface area contributed by atoms with Gasteiger partial charge in [0.25, 0.3) is 5.91 Å².